The molecule has 1 aromatic carbocycles. The first kappa shape index (κ1) is 8.50. The van der Waals surface area contributed by atoms with Gasteiger partial charge in [-0.3, -0.25) is 10.1 Å². The van der Waals surface area contributed by atoms with Crippen molar-refractivity contribution in [1.29, 1.82) is 5.26 Å². The van der Waals surface area contributed by atoms with E-state index >= 15 is 0 Å². The fraction of sp³-hybridized carbons (Fsp3) is 0. The summed E-state index contributed by atoms with van der Waals surface area (Å²) in [5, 5.41) is 18.7. The minimum atomic E-state index is -0.611. The van der Waals surface area contributed by atoms with Crippen molar-refractivity contribution in [2.24, 2.45) is 0 Å². The lowest BCUT2D eigenvalue weighted by Crippen LogP contribution is -1.88. The predicted molar refractivity (Wildman–Crippen MR) is 41.7 cm³/mol. The minimum absolute atomic E-state index is 0.0641. The second-order valence-corrected chi connectivity index (χ2v) is 2.38. The van der Waals surface area contributed by atoms with Gasteiger partial charge in [0.25, 0.3) is 5.69 Å². The number of nitrogens with zero attached hydrogens (tertiary/aromatic N) is 2. The van der Waals surface area contributed by atoms with Gasteiger partial charge in [-0.15, -0.1) is 0 Å². The van der Waals surface area contributed by atoms with Crippen LogP contribution < -0.4 is 0 Å². The topological polar surface area (TPSA) is 66.9 Å². The van der Waals surface area contributed by atoms with E-state index in [2.05, 4.69) is 6.07 Å². The molecule has 12 heavy (non-hydrogen) atoms. The fourth-order valence-corrected chi connectivity index (χ4v) is 0.899. The molecular formula is C7H2ClN2O2. The van der Waals surface area contributed by atoms with Gasteiger partial charge in [0, 0.05) is 18.2 Å². The van der Waals surface area contributed by atoms with E-state index in [4.69, 9.17) is 16.9 Å². The molecule has 0 atom stereocenters. The molecule has 0 aliphatic rings. The highest BCUT2D eigenvalue weighted by atomic mass is 35.5. The van der Waals surface area contributed by atoms with Gasteiger partial charge in [-0.1, -0.05) is 11.6 Å². The molecule has 1 aromatic rings. The van der Waals surface area contributed by atoms with Gasteiger partial charge < -0.3 is 0 Å². The maximum atomic E-state index is 10.2. The Bertz CT molecular complexity index is 370. The summed E-state index contributed by atoms with van der Waals surface area (Å²) in [6, 6.07) is 6.43. The van der Waals surface area contributed by atoms with E-state index in [1.54, 1.807) is 6.07 Å². The van der Waals surface area contributed by atoms with Crippen LogP contribution in [0.1, 0.15) is 5.56 Å². The van der Waals surface area contributed by atoms with Crippen LogP contribution in [0.25, 0.3) is 0 Å². The number of rotatable bonds is 1. The van der Waals surface area contributed by atoms with Crippen molar-refractivity contribution in [2.45, 2.75) is 0 Å². The van der Waals surface area contributed by atoms with Crippen LogP contribution in [-0.2, 0) is 0 Å². The zero-order valence-corrected chi connectivity index (χ0v) is 6.50. The van der Waals surface area contributed by atoms with E-state index in [1.165, 1.54) is 0 Å². The summed E-state index contributed by atoms with van der Waals surface area (Å²) < 4.78 is 0. The van der Waals surface area contributed by atoms with E-state index in [0.29, 0.717) is 0 Å². The fourth-order valence-electron chi connectivity index (χ4n) is 0.686. The van der Waals surface area contributed by atoms with Crippen LogP contribution in [-0.4, -0.2) is 4.92 Å². The van der Waals surface area contributed by atoms with E-state index < -0.39 is 4.92 Å². The molecule has 0 N–H and O–H groups in total. The Morgan fingerprint density at radius 2 is 2.33 bits per heavy atom. The average molecular weight is 182 g/mol. The third-order valence-electron chi connectivity index (χ3n) is 1.15. The first-order valence-electron chi connectivity index (χ1n) is 2.91. The monoisotopic (exact) mass is 181 g/mol. The van der Waals surface area contributed by atoms with Crippen LogP contribution >= 0.6 is 11.6 Å². The van der Waals surface area contributed by atoms with Crippen LogP contribution in [0.3, 0.4) is 0 Å². The second-order valence-electron chi connectivity index (χ2n) is 1.97. The Kier molecular flexibility index (Phi) is 2.26. The largest absolute Gasteiger partial charge is 0.272 e. The molecule has 0 aliphatic heterocycles. The van der Waals surface area contributed by atoms with Crippen molar-refractivity contribution >= 4 is 17.3 Å². The summed E-state index contributed by atoms with van der Waals surface area (Å²) in [5.74, 6) is 0. The van der Waals surface area contributed by atoms with E-state index in [9.17, 15) is 10.1 Å². The van der Waals surface area contributed by atoms with Crippen LogP contribution in [0.5, 0.6) is 0 Å². The molecule has 0 aliphatic carbocycles. The van der Waals surface area contributed by atoms with Gasteiger partial charge in [-0.2, -0.15) is 5.26 Å². The second kappa shape index (κ2) is 3.20. The van der Waals surface area contributed by atoms with Crippen molar-refractivity contribution in [1.82, 2.24) is 0 Å². The summed E-state index contributed by atoms with van der Waals surface area (Å²) in [6.45, 7) is 0. The molecule has 5 heteroatoms. The third-order valence-corrected chi connectivity index (χ3v) is 1.36. The Balaban J connectivity index is 3.26. The molecular weight excluding hydrogens is 180 g/mol. The first-order valence-corrected chi connectivity index (χ1v) is 3.28. The molecule has 0 bridgehead atoms. The Morgan fingerprint density at radius 3 is 2.83 bits per heavy atom. The van der Waals surface area contributed by atoms with Crippen LogP contribution in [0.15, 0.2) is 12.1 Å². The highest BCUT2D eigenvalue weighted by molar-refractivity contribution is 6.30. The summed E-state index contributed by atoms with van der Waals surface area (Å²) in [4.78, 5) is 9.63. The number of nitro benzene ring substituents is 1. The van der Waals surface area contributed by atoms with E-state index in [-0.39, 0.29) is 16.3 Å². The number of hydrogen-bond donors (Lipinski definition) is 0. The molecule has 0 saturated heterocycles. The maximum absolute atomic E-state index is 10.2. The lowest BCUT2D eigenvalue weighted by Gasteiger charge is -1.92. The molecule has 0 aromatic heterocycles. The van der Waals surface area contributed by atoms with Crippen LogP contribution in [0.4, 0.5) is 5.69 Å². The summed E-state index contributed by atoms with van der Waals surface area (Å²) >= 11 is 5.46. The Labute approximate surface area is 73.1 Å². The van der Waals surface area contributed by atoms with Crippen molar-refractivity contribution in [3.8, 4) is 6.07 Å². The van der Waals surface area contributed by atoms with Crippen molar-refractivity contribution < 1.29 is 4.92 Å². The van der Waals surface area contributed by atoms with E-state index in [1.807, 2.05) is 0 Å². The molecule has 4 nitrogen and oxygen atoms in total. The van der Waals surface area contributed by atoms with Crippen LogP contribution in [0.2, 0.25) is 5.02 Å². The van der Waals surface area contributed by atoms with Gasteiger partial charge in [0.1, 0.15) is 6.07 Å². The molecule has 0 spiro atoms. The zero-order chi connectivity index (χ0) is 9.14. The molecule has 0 fully saturated rings. The number of hydrogen-bond acceptors (Lipinski definition) is 3. The normalized spacial score (nSPS) is 9.00. The molecule has 0 unspecified atom stereocenters. The molecule has 0 amide bonds. The predicted octanol–water partition coefficient (Wildman–Crippen LogP) is 1.92. The van der Waals surface area contributed by atoms with Gasteiger partial charge in [0.2, 0.25) is 0 Å². The smallest absolute Gasteiger partial charge is 0.258 e. The Hall–Kier alpha value is -1.60. The first-order chi connectivity index (χ1) is 5.63. The van der Waals surface area contributed by atoms with Gasteiger partial charge >= 0.3 is 0 Å². The van der Waals surface area contributed by atoms with E-state index in [0.717, 1.165) is 12.1 Å². The number of nitro groups is 1. The Morgan fingerprint density at radius 1 is 1.67 bits per heavy atom. The highest BCUT2D eigenvalue weighted by Crippen LogP contribution is 2.19. The summed E-state index contributed by atoms with van der Waals surface area (Å²) in [6.07, 6.45) is 0. The highest BCUT2D eigenvalue weighted by Gasteiger charge is 2.08. The molecule has 59 valence electrons. The lowest BCUT2D eigenvalue weighted by molar-refractivity contribution is -0.384. The standard InChI is InChI=1S/C7H2ClN2O2/c8-6-1-5(4-9)2-7(3-6)10(11)12/h2-3H. The zero-order valence-electron chi connectivity index (χ0n) is 5.74. The van der Waals surface area contributed by atoms with Gasteiger partial charge in [-0.25, -0.2) is 0 Å². The molecule has 0 heterocycles. The number of non-ortho nitro benzene ring substituents is 1. The summed E-state index contributed by atoms with van der Waals surface area (Å²) in [5.41, 5.74) is -0.135. The molecule has 1 rings (SSSR count). The third kappa shape index (κ3) is 1.71. The molecule has 1 radical (unpaired) electrons. The summed E-state index contributed by atoms with van der Waals surface area (Å²) in [7, 11) is 0. The quantitative estimate of drug-likeness (QED) is 0.491. The SMILES string of the molecule is N#Cc1[c]c(Cl)cc([N+](=O)[O-])c1. The van der Waals surface area contributed by atoms with Crippen molar-refractivity contribution in [3.05, 3.63) is 38.9 Å². The van der Waals surface area contributed by atoms with Crippen molar-refractivity contribution in [2.75, 3.05) is 0 Å². The number of nitriles is 1. The average Bonchev–Trinajstić information content (AvgIpc) is 2.03. The van der Waals surface area contributed by atoms with Gasteiger partial charge in [-0.05, 0) is 0 Å². The molecule has 0 saturated carbocycles. The number of halogens is 1. The maximum Gasteiger partial charge on any atom is 0.272 e. The van der Waals surface area contributed by atoms with Crippen LogP contribution in [0, 0.1) is 27.5 Å². The lowest BCUT2D eigenvalue weighted by atomic mass is 10.2. The minimum Gasteiger partial charge on any atom is -0.258 e. The van der Waals surface area contributed by atoms with Gasteiger partial charge in [0.15, 0.2) is 0 Å². The number of benzene rings is 1. The van der Waals surface area contributed by atoms with Crippen molar-refractivity contribution in [3.63, 3.8) is 0 Å². The van der Waals surface area contributed by atoms with Gasteiger partial charge in [0.05, 0.1) is 15.5 Å².